The van der Waals surface area contributed by atoms with Gasteiger partial charge in [-0.15, -0.1) is 0 Å². The Morgan fingerprint density at radius 3 is 1.88 bits per heavy atom. The number of nitrogens with zero attached hydrogens (tertiary/aromatic N) is 3. The van der Waals surface area contributed by atoms with E-state index in [1.54, 1.807) is 0 Å². The second kappa shape index (κ2) is 15.5. The van der Waals surface area contributed by atoms with E-state index in [4.69, 9.17) is 4.42 Å². The van der Waals surface area contributed by atoms with E-state index in [2.05, 4.69) is 243 Å². The lowest BCUT2D eigenvalue weighted by molar-refractivity contribution is 0.194. The fourth-order valence-corrected chi connectivity index (χ4v) is 13.9. The van der Waals surface area contributed by atoms with Gasteiger partial charge in [0.15, 0.2) is 0 Å². The number of para-hydroxylation sites is 1. The molecule has 13 rings (SSSR count). The van der Waals surface area contributed by atoms with E-state index < -0.39 is 0 Å². The van der Waals surface area contributed by atoms with Crippen LogP contribution in [0.25, 0.3) is 33.1 Å². The average molecular weight is 940 g/mol. The van der Waals surface area contributed by atoms with E-state index >= 15 is 0 Å². The number of aryl methyl sites for hydroxylation is 3. The molecule has 72 heavy (non-hydrogen) atoms. The summed E-state index contributed by atoms with van der Waals surface area (Å²) in [6, 6.07) is 58.4. The summed E-state index contributed by atoms with van der Waals surface area (Å²) in [7, 11) is 0. The number of hydrogen-bond acceptors (Lipinski definition) is 4. The largest absolute Gasteiger partial charge is 0.456 e. The van der Waals surface area contributed by atoms with Gasteiger partial charge in [0.25, 0.3) is 6.71 Å². The van der Waals surface area contributed by atoms with E-state index in [0.717, 1.165) is 34.0 Å². The molecule has 1 aromatic heterocycles. The van der Waals surface area contributed by atoms with Crippen LogP contribution in [0.3, 0.4) is 0 Å². The first-order valence-corrected chi connectivity index (χ1v) is 26.5. The fourth-order valence-electron chi connectivity index (χ4n) is 13.9. The lowest BCUT2D eigenvalue weighted by Gasteiger charge is -2.51. The van der Waals surface area contributed by atoms with Crippen LogP contribution in [-0.2, 0) is 16.2 Å². The van der Waals surface area contributed by atoms with Gasteiger partial charge in [0.2, 0.25) is 0 Å². The lowest BCUT2D eigenvalue weighted by Crippen LogP contribution is -2.61. The molecule has 2 unspecified atom stereocenters. The van der Waals surface area contributed by atoms with Crippen molar-refractivity contribution in [3.63, 3.8) is 0 Å². The van der Waals surface area contributed by atoms with Gasteiger partial charge in [-0.1, -0.05) is 140 Å². The van der Waals surface area contributed by atoms with E-state index in [1.165, 1.54) is 120 Å². The van der Waals surface area contributed by atoms with Crippen molar-refractivity contribution in [2.24, 2.45) is 0 Å². The van der Waals surface area contributed by atoms with Crippen molar-refractivity contribution >= 4 is 90.5 Å². The van der Waals surface area contributed by atoms with Gasteiger partial charge >= 0.3 is 0 Å². The molecule has 0 amide bonds. The van der Waals surface area contributed by atoms with E-state index in [1.807, 2.05) is 0 Å². The van der Waals surface area contributed by atoms with Crippen molar-refractivity contribution in [3.05, 3.63) is 185 Å². The predicted molar refractivity (Wildman–Crippen MR) is 308 cm³/mol. The molecule has 0 radical (unpaired) electrons. The first-order valence-electron chi connectivity index (χ1n) is 26.5. The summed E-state index contributed by atoms with van der Waals surface area (Å²) in [4.78, 5) is 8.03. The number of anilines is 8. The Morgan fingerprint density at radius 1 is 0.500 bits per heavy atom. The minimum Gasteiger partial charge on any atom is -0.456 e. The van der Waals surface area contributed by atoms with Gasteiger partial charge in [-0.3, -0.25) is 0 Å². The molecule has 3 aliphatic heterocycles. The zero-order chi connectivity index (χ0) is 49.8. The van der Waals surface area contributed by atoms with Gasteiger partial charge in [0.05, 0.1) is 11.2 Å². The van der Waals surface area contributed by atoms with Crippen molar-refractivity contribution in [2.45, 2.75) is 124 Å². The minimum absolute atomic E-state index is 0.0189. The highest BCUT2D eigenvalue weighted by atomic mass is 16.3. The van der Waals surface area contributed by atoms with E-state index in [0.29, 0.717) is 0 Å². The monoisotopic (exact) mass is 940 g/mol. The summed E-state index contributed by atoms with van der Waals surface area (Å²) >= 11 is 0. The molecule has 2 atom stereocenters. The molecule has 1 fully saturated rings. The summed E-state index contributed by atoms with van der Waals surface area (Å²) in [6.45, 7) is 26.1. The molecule has 1 aliphatic carbocycles. The number of furan rings is 1. The van der Waals surface area contributed by atoms with Crippen molar-refractivity contribution in [2.75, 3.05) is 14.7 Å². The van der Waals surface area contributed by atoms with Crippen molar-refractivity contribution in [1.29, 1.82) is 0 Å². The topological polar surface area (TPSA) is 22.9 Å². The van der Waals surface area contributed by atoms with Crippen LogP contribution in [0.4, 0.5) is 45.5 Å². The van der Waals surface area contributed by atoms with Gasteiger partial charge in [-0.25, -0.2) is 0 Å². The highest BCUT2D eigenvalue weighted by Crippen LogP contribution is 2.62. The highest BCUT2D eigenvalue weighted by molar-refractivity contribution is 7.00. The van der Waals surface area contributed by atoms with Crippen LogP contribution in [0.5, 0.6) is 0 Å². The van der Waals surface area contributed by atoms with Crippen LogP contribution in [0.1, 0.15) is 114 Å². The molecule has 4 aliphatic rings. The molecule has 9 aromatic rings. The molecular weight excluding hydrogens is 874 g/mol. The van der Waals surface area contributed by atoms with Crippen LogP contribution >= 0.6 is 0 Å². The molecule has 0 N–H and O–H groups in total. The SMILES string of the molecule is Cc1cc2c3c(c1)N(c1ccc(C(C)(C)C)cc1-c1ccccc1)c1cc(N4c5cc(C)cc(C)c5C5(C)CCCCC45C)ccc1B3c1ccc(C(C)(C)C)cc1N2c1ccc2oc3ccccc3c2c1. The van der Waals surface area contributed by atoms with Gasteiger partial charge < -0.3 is 19.1 Å². The summed E-state index contributed by atoms with van der Waals surface area (Å²) < 4.78 is 6.45. The molecule has 358 valence electrons. The molecule has 0 spiro atoms. The Morgan fingerprint density at radius 2 is 1.11 bits per heavy atom. The third-order valence-electron chi connectivity index (χ3n) is 17.7. The molecule has 0 bridgehead atoms. The predicted octanol–water partition coefficient (Wildman–Crippen LogP) is 16.6. The Kier molecular flexibility index (Phi) is 9.68. The normalized spacial score (nSPS) is 19.1. The Balaban J connectivity index is 1.12. The van der Waals surface area contributed by atoms with Crippen molar-refractivity contribution in [3.8, 4) is 11.1 Å². The third kappa shape index (κ3) is 6.44. The van der Waals surface area contributed by atoms with E-state index in [9.17, 15) is 0 Å². The minimum atomic E-state index is -0.0895. The number of rotatable bonds is 4. The fraction of sp³-hybridized carbons (Fsp3) is 0.284. The maximum absolute atomic E-state index is 6.45. The summed E-state index contributed by atoms with van der Waals surface area (Å²) in [5.41, 5.74) is 26.1. The van der Waals surface area contributed by atoms with Gasteiger partial charge in [0.1, 0.15) is 11.2 Å². The second-order valence-electron chi connectivity index (χ2n) is 24.3. The molecule has 5 heteroatoms. The zero-order valence-electron chi connectivity index (χ0n) is 44.1. The third-order valence-corrected chi connectivity index (χ3v) is 17.7. The zero-order valence-corrected chi connectivity index (χ0v) is 44.1. The Bertz CT molecular complexity index is 3720. The van der Waals surface area contributed by atoms with Crippen LogP contribution < -0.4 is 31.1 Å². The maximum atomic E-state index is 6.45. The molecular formula is C67H66BN3O. The first kappa shape index (κ1) is 44.9. The molecule has 4 heterocycles. The molecule has 8 aromatic carbocycles. The van der Waals surface area contributed by atoms with Crippen LogP contribution in [-0.4, -0.2) is 12.3 Å². The molecule has 4 nitrogen and oxygen atoms in total. The van der Waals surface area contributed by atoms with Crippen molar-refractivity contribution in [1.82, 2.24) is 0 Å². The van der Waals surface area contributed by atoms with Crippen LogP contribution in [0.15, 0.2) is 156 Å². The summed E-state index contributed by atoms with van der Waals surface area (Å²) in [6.07, 6.45) is 4.84. The Hall–Kier alpha value is -6.98. The molecule has 0 saturated heterocycles. The maximum Gasteiger partial charge on any atom is 0.252 e. The first-order chi connectivity index (χ1) is 34.4. The Labute approximate surface area is 427 Å². The van der Waals surface area contributed by atoms with E-state index in [-0.39, 0.29) is 28.5 Å². The standard InChI is InChI=1S/C67H66BN3O/c1-41-33-43(3)62-57(34-41)71(67(11)32-18-17-31-66(62,67)10)48-25-28-53-56(40-48)70(54-29-24-45(64(4,5)6)37-50(54)44-19-13-12-14-20-44)59-36-42(2)35-58-63(59)68(53)52-27-23-46(65(7,8)9)38-55(52)69(58)47-26-30-61-51(39-47)49-21-15-16-22-60(49)72-61/h12-16,19-30,33-40H,17-18,31-32H2,1-11H3. The van der Waals surface area contributed by atoms with Gasteiger partial charge in [-0.2, -0.15) is 0 Å². The van der Waals surface area contributed by atoms with Crippen molar-refractivity contribution < 1.29 is 4.42 Å². The lowest BCUT2D eigenvalue weighted by atomic mass is 9.33. The average Bonchev–Trinajstić information content (AvgIpc) is 3.82. The van der Waals surface area contributed by atoms with Gasteiger partial charge in [0, 0.05) is 61.6 Å². The summed E-state index contributed by atoms with van der Waals surface area (Å²) in [5.74, 6) is 0. The number of benzene rings is 8. The highest BCUT2D eigenvalue weighted by Gasteiger charge is 2.58. The second-order valence-corrected chi connectivity index (χ2v) is 24.3. The van der Waals surface area contributed by atoms with Gasteiger partial charge in [-0.05, 0) is 179 Å². The van der Waals surface area contributed by atoms with Crippen LogP contribution in [0.2, 0.25) is 0 Å². The molecule has 1 saturated carbocycles. The number of hydrogen-bond donors (Lipinski definition) is 0. The quantitative estimate of drug-likeness (QED) is 0.164. The smallest absolute Gasteiger partial charge is 0.252 e. The summed E-state index contributed by atoms with van der Waals surface area (Å²) in [5, 5.41) is 2.26. The number of fused-ring (bicyclic) bond motifs is 10. The van der Waals surface area contributed by atoms with Crippen LogP contribution in [0, 0.1) is 20.8 Å².